The van der Waals surface area contributed by atoms with Crippen molar-refractivity contribution in [1.82, 2.24) is 0 Å². The zero-order valence-corrected chi connectivity index (χ0v) is 10.3. The molecule has 1 fully saturated rings. The minimum Gasteiger partial charge on any atom is -0.381 e. The molecule has 0 radical (unpaired) electrons. The van der Waals surface area contributed by atoms with Crippen LogP contribution in [0.2, 0.25) is 0 Å². The van der Waals surface area contributed by atoms with Crippen LogP contribution >= 0.6 is 0 Å². The van der Waals surface area contributed by atoms with Crippen LogP contribution in [0.3, 0.4) is 0 Å². The van der Waals surface area contributed by atoms with Gasteiger partial charge in [0, 0.05) is 31.6 Å². The number of rotatable bonds is 3. The summed E-state index contributed by atoms with van der Waals surface area (Å²) in [6.07, 6.45) is 0.368. The van der Waals surface area contributed by atoms with Gasteiger partial charge in [-0.25, -0.2) is 0 Å². The van der Waals surface area contributed by atoms with E-state index in [-0.39, 0.29) is 12.8 Å². The van der Waals surface area contributed by atoms with E-state index in [0.29, 0.717) is 18.8 Å². The molecule has 96 valence electrons. The van der Waals surface area contributed by atoms with E-state index in [0.717, 1.165) is 5.56 Å². The third-order valence-electron chi connectivity index (χ3n) is 3.23. The molecule has 1 N–H and O–H groups in total. The van der Waals surface area contributed by atoms with Crippen molar-refractivity contribution < 1.29 is 19.4 Å². The minimum atomic E-state index is -1.56. The highest BCUT2D eigenvalue weighted by atomic mass is 16.5. The largest absolute Gasteiger partial charge is 0.381 e. The number of ether oxygens (including phenoxy) is 1. The number of ketones is 2. The Bertz CT molecular complexity index is 472. The standard InChI is InChI=1S/C14H16O4/c1-10-3-2-4-11(9-10)12(15)13(16)14(17)5-7-18-8-6-14/h2-4,9,17H,5-8H2,1H3. The molecular formula is C14H16O4. The molecule has 1 aromatic carbocycles. The van der Waals surface area contributed by atoms with Crippen LogP contribution in [0.15, 0.2) is 24.3 Å². The number of Topliss-reactive ketones (excluding diaryl/α,β-unsaturated/α-hetero) is 2. The van der Waals surface area contributed by atoms with E-state index >= 15 is 0 Å². The Morgan fingerprint density at radius 3 is 2.56 bits per heavy atom. The molecule has 4 heteroatoms. The first-order valence-corrected chi connectivity index (χ1v) is 5.99. The lowest BCUT2D eigenvalue weighted by Gasteiger charge is -2.29. The number of aliphatic hydroxyl groups is 1. The van der Waals surface area contributed by atoms with Crippen molar-refractivity contribution in [3.63, 3.8) is 0 Å². The summed E-state index contributed by atoms with van der Waals surface area (Å²) in [4.78, 5) is 24.1. The smallest absolute Gasteiger partial charge is 0.234 e. The summed E-state index contributed by atoms with van der Waals surface area (Å²) in [7, 11) is 0. The second-order valence-corrected chi connectivity index (χ2v) is 4.67. The summed E-state index contributed by atoms with van der Waals surface area (Å²) in [5.41, 5.74) is -0.313. The third kappa shape index (κ3) is 2.49. The van der Waals surface area contributed by atoms with Gasteiger partial charge in [0.15, 0.2) is 0 Å². The van der Waals surface area contributed by atoms with Crippen molar-refractivity contribution in [3.05, 3.63) is 35.4 Å². The molecule has 0 spiro atoms. The second kappa shape index (κ2) is 5.00. The van der Waals surface area contributed by atoms with Gasteiger partial charge in [-0.2, -0.15) is 0 Å². The van der Waals surface area contributed by atoms with Gasteiger partial charge in [0.1, 0.15) is 5.60 Å². The van der Waals surface area contributed by atoms with E-state index < -0.39 is 17.2 Å². The zero-order valence-electron chi connectivity index (χ0n) is 10.3. The topological polar surface area (TPSA) is 63.6 Å². The highest BCUT2D eigenvalue weighted by Crippen LogP contribution is 2.23. The average Bonchev–Trinajstić information content (AvgIpc) is 2.38. The van der Waals surface area contributed by atoms with Gasteiger partial charge < -0.3 is 9.84 Å². The molecule has 1 saturated heterocycles. The Balaban J connectivity index is 2.20. The fourth-order valence-corrected chi connectivity index (χ4v) is 2.06. The SMILES string of the molecule is Cc1cccc(C(=O)C(=O)C2(O)CCOCC2)c1. The summed E-state index contributed by atoms with van der Waals surface area (Å²) >= 11 is 0. The quantitative estimate of drug-likeness (QED) is 0.646. The van der Waals surface area contributed by atoms with Gasteiger partial charge in [-0.15, -0.1) is 0 Å². The number of hydrogen-bond donors (Lipinski definition) is 1. The molecule has 4 nitrogen and oxygen atoms in total. The Labute approximate surface area is 106 Å². The highest BCUT2D eigenvalue weighted by Gasteiger charge is 2.41. The first-order valence-electron chi connectivity index (χ1n) is 5.99. The average molecular weight is 248 g/mol. The van der Waals surface area contributed by atoms with Crippen molar-refractivity contribution in [3.8, 4) is 0 Å². The lowest BCUT2D eigenvalue weighted by atomic mass is 9.85. The summed E-state index contributed by atoms with van der Waals surface area (Å²) in [5.74, 6) is -1.35. The lowest BCUT2D eigenvalue weighted by molar-refractivity contribution is -0.141. The maximum atomic E-state index is 12.1. The molecule has 2 rings (SSSR count). The Morgan fingerprint density at radius 2 is 1.94 bits per heavy atom. The Hall–Kier alpha value is -1.52. The van der Waals surface area contributed by atoms with Crippen LogP contribution in [0.25, 0.3) is 0 Å². The van der Waals surface area contributed by atoms with E-state index in [4.69, 9.17) is 4.74 Å². The van der Waals surface area contributed by atoms with E-state index in [1.165, 1.54) is 0 Å². The summed E-state index contributed by atoms with van der Waals surface area (Å²) in [6, 6.07) is 6.83. The molecule has 1 aromatic rings. The van der Waals surface area contributed by atoms with Gasteiger partial charge >= 0.3 is 0 Å². The van der Waals surface area contributed by atoms with Crippen LogP contribution in [-0.4, -0.2) is 35.5 Å². The summed E-state index contributed by atoms with van der Waals surface area (Å²) < 4.78 is 5.10. The fraction of sp³-hybridized carbons (Fsp3) is 0.429. The number of hydrogen-bond acceptors (Lipinski definition) is 4. The van der Waals surface area contributed by atoms with Crippen LogP contribution in [0, 0.1) is 6.92 Å². The Kier molecular flexibility index (Phi) is 3.59. The number of benzene rings is 1. The first kappa shape index (κ1) is 12.9. The zero-order chi connectivity index (χ0) is 13.2. The van der Waals surface area contributed by atoms with E-state index in [1.54, 1.807) is 18.2 Å². The van der Waals surface area contributed by atoms with Crippen LogP contribution in [-0.2, 0) is 9.53 Å². The third-order valence-corrected chi connectivity index (χ3v) is 3.23. The van der Waals surface area contributed by atoms with Gasteiger partial charge in [0.25, 0.3) is 0 Å². The molecule has 1 heterocycles. The van der Waals surface area contributed by atoms with Crippen molar-refractivity contribution in [2.75, 3.05) is 13.2 Å². The van der Waals surface area contributed by atoms with Gasteiger partial charge in [-0.1, -0.05) is 23.8 Å². The second-order valence-electron chi connectivity index (χ2n) is 4.67. The molecule has 0 aliphatic carbocycles. The maximum Gasteiger partial charge on any atom is 0.234 e. The molecule has 1 aliphatic heterocycles. The number of carbonyl (C=O) groups excluding carboxylic acids is 2. The summed E-state index contributed by atoms with van der Waals surface area (Å²) in [6.45, 7) is 2.47. The van der Waals surface area contributed by atoms with Gasteiger partial charge in [0.05, 0.1) is 0 Å². The van der Waals surface area contributed by atoms with Crippen molar-refractivity contribution in [2.45, 2.75) is 25.4 Å². The van der Waals surface area contributed by atoms with E-state index in [2.05, 4.69) is 0 Å². The van der Waals surface area contributed by atoms with Crippen molar-refractivity contribution in [2.24, 2.45) is 0 Å². The molecule has 0 amide bonds. The van der Waals surface area contributed by atoms with Gasteiger partial charge in [-0.05, 0) is 13.0 Å². The van der Waals surface area contributed by atoms with E-state index in [9.17, 15) is 14.7 Å². The Morgan fingerprint density at radius 1 is 1.28 bits per heavy atom. The van der Waals surface area contributed by atoms with Crippen LogP contribution in [0.1, 0.15) is 28.8 Å². The predicted molar refractivity (Wildman–Crippen MR) is 65.5 cm³/mol. The maximum absolute atomic E-state index is 12.1. The molecule has 18 heavy (non-hydrogen) atoms. The first-order chi connectivity index (χ1) is 8.53. The number of aryl methyl sites for hydroxylation is 1. The molecule has 0 aromatic heterocycles. The molecule has 1 aliphatic rings. The minimum absolute atomic E-state index is 0.184. The fourth-order valence-electron chi connectivity index (χ4n) is 2.06. The molecule has 0 saturated carbocycles. The predicted octanol–water partition coefficient (Wildman–Crippen LogP) is 1.29. The highest BCUT2D eigenvalue weighted by molar-refractivity contribution is 6.46. The van der Waals surface area contributed by atoms with Gasteiger partial charge in [-0.3, -0.25) is 9.59 Å². The monoisotopic (exact) mass is 248 g/mol. The van der Waals surface area contributed by atoms with Crippen molar-refractivity contribution in [1.29, 1.82) is 0 Å². The van der Waals surface area contributed by atoms with Crippen LogP contribution in [0.4, 0.5) is 0 Å². The normalized spacial score (nSPS) is 18.3. The van der Waals surface area contributed by atoms with Gasteiger partial charge in [0.2, 0.25) is 11.6 Å². The molecular weight excluding hydrogens is 232 g/mol. The summed E-state index contributed by atoms with van der Waals surface area (Å²) in [5, 5.41) is 10.2. The van der Waals surface area contributed by atoms with Crippen molar-refractivity contribution >= 4 is 11.6 Å². The number of carbonyl (C=O) groups is 2. The lowest BCUT2D eigenvalue weighted by Crippen LogP contribution is -2.47. The molecule has 0 unspecified atom stereocenters. The molecule has 0 atom stereocenters. The molecule has 0 bridgehead atoms. The van der Waals surface area contributed by atoms with E-state index in [1.807, 2.05) is 13.0 Å². The van der Waals surface area contributed by atoms with Crippen LogP contribution in [0.5, 0.6) is 0 Å². The van der Waals surface area contributed by atoms with Crippen LogP contribution < -0.4 is 0 Å².